The summed E-state index contributed by atoms with van der Waals surface area (Å²) in [6.07, 6.45) is -1.07. The van der Waals surface area contributed by atoms with E-state index >= 15 is 0 Å². The van der Waals surface area contributed by atoms with Crippen LogP contribution >= 0.6 is 38.4 Å². The van der Waals surface area contributed by atoms with Crippen molar-refractivity contribution in [2.45, 2.75) is 69.6 Å². The van der Waals surface area contributed by atoms with Gasteiger partial charge in [-0.2, -0.15) is 0 Å². The molecule has 214 valence electrons. The van der Waals surface area contributed by atoms with Gasteiger partial charge in [-0.15, -0.1) is 23.2 Å². The molecule has 0 rings (SSSR count). The number of hydrogen-bond acceptors (Lipinski definition) is 10. The number of carbonyl (C=O) groups is 2. The van der Waals surface area contributed by atoms with Gasteiger partial charge in [-0.3, -0.25) is 4.79 Å². The van der Waals surface area contributed by atoms with E-state index in [9.17, 15) is 38.5 Å². The van der Waals surface area contributed by atoms with Crippen LogP contribution in [0.1, 0.15) is 52.9 Å². The molecule has 13 nitrogen and oxygen atoms in total. The first-order valence-corrected chi connectivity index (χ1v) is 15.5. The Balaban J connectivity index is -0.00000204. The zero-order valence-corrected chi connectivity index (χ0v) is 32.9. The van der Waals surface area contributed by atoms with Gasteiger partial charge in [0.1, 0.15) is 11.6 Å². The van der Waals surface area contributed by atoms with E-state index in [1.807, 2.05) is 0 Å². The third-order valence-corrected chi connectivity index (χ3v) is 8.97. The smallest absolute Gasteiger partial charge is 0.808 e. The molecule has 0 aliphatic carbocycles. The number of amides is 2. The number of rotatable bonds is 17. The zero-order chi connectivity index (χ0) is 28.2. The Bertz CT molecular complexity index is 775. The number of nitrogens with zero attached hydrogens (tertiary/aromatic N) is 1. The number of alkyl halides is 2. The van der Waals surface area contributed by atoms with Crippen LogP contribution in [0.3, 0.4) is 0 Å². The summed E-state index contributed by atoms with van der Waals surface area (Å²) in [5.74, 6) is 0.192. The first-order valence-electron chi connectivity index (χ1n) is 11.3. The molecule has 0 bridgehead atoms. The molecular formula is C19H36Cl2N3Na3O10P2. The predicted octanol–water partition coefficient (Wildman–Crippen LogP) is -9.16. The van der Waals surface area contributed by atoms with Crippen LogP contribution in [-0.2, 0) is 18.7 Å². The van der Waals surface area contributed by atoms with Crippen molar-refractivity contribution in [1.29, 1.82) is 0 Å². The molecule has 39 heavy (non-hydrogen) atoms. The monoisotopic (exact) mass is 667 g/mol. The summed E-state index contributed by atoms with van der Waals surface area (Å²) in [5, 5.41) is 10.7. The van der Waals surface area contributed by atoms with Gasteiger partial charge in [0, 0.05) is 31.4 Å². The van der Waals surface area contributed by atoms with Crippen LogP contribution in [0.25, 0.3) is 0 Å². The van der Waals surface area contributed by atoms with Gasteiger partial charge in [-0.1, -0.05) is 0 Å². The average molecular weight is 668 g/mol. The Morgan fingerprint density at radius 2 is 1.49 bits per heavy atom. The molecule has 2 unspecified atom stereocenters. The Hall–Kier alpha value is 2.54. The van der Waals surface area contributed by atoms with E-state index in [0.29, 0.717) is 44.2 Å². The van der Waals surface area contributed by atoms with E-state index in [4.69, 9.17) is 32.8 Å². The Morgan fingerprint density at radius 3 is 1.90 bits per heavy atom. The predicted molar refractivity (Wildman–Crippen MR) is 130 cm³/mol. The molecule has 0 saturated carbocycles. The maximum absolute atomic E-state index is 12.7. The van der Waals surface area contributed by atoms with Gasteiger partial charge in [-0.25, -0.2) is 4.79 Å². The molecule has 0 aliphatic rings. The van der Waals surface area contributed by atoms with E-state index in [-0.39, 0.29) is 102 Å². The van der Waals surface area contributed by atoms with Gasteiger partial charge in [-0.05, 0) is 67.0 Å². The molecule has 0 radical (unpaired) electrons. The molecule has 20 heteroatoms. The molecule has 4 N–H and O–H groups in total. The van der Waals surface area contributed by atoms with Crippen molar-refractivity contribution in [2.24, 2.45) is 0 Å². The quantitative estimate of drug-likeness (QED) is 0.0494. The topological polar surface area (TPSA) is 214 Å². The van der Waals surface area contributed by atoms with Gasteiger partial charge in [0.25, 0.3) is 0 Å². The van der Waals surface area contributed by atoms with Crippen molar-refractivity contribution in [3.63, 3.8) is 0 Å². The van der Waals surface area contributed by atoms with Gasteiger partial charge in [0.2, 0.25) is 5.91 Å². The summed E-state index contributed by atoms with van der Waals surface area (Å²) in [6.45, 7) is 6.53. The van der Waals surface area contributed by atoms with E-state index in [2.05, 4.69) is 15.5 Å². The number of hydrogen-bond donors (Lipinski definition) is 4. The summed E-state index contributed by atoms with van der Waals surface area (Å²) in [6, 6.07) is -1.04. The summed E-state index contributed by atoms with van der Waals surface area (Å²) in [5.41, 5.74) is -0.819. The second-order valence-electron chi connectivity index (χ2n) is 9.10. The number of nitrogens with one attached hydrogen (secondary N) is 2. The Kier molecular flexibility index (Phi) is 28.5. The van der Waals surface area contributed by atoms with Crippen molar-refractivity contribution in [1.82, 2.24) is 15.5 Å². The van der Waals surface area contributed by atoms with Crippen LogP contribution in [0.2, 0.25) is 0 Å². The van der Waals surface area contributed by atoms with Crippen molar-refractivity contribution < 1.29 is 137 Å². The number of unbranched alkanes of at least 4 members (excludes halogenated alkanes) is 1. The summed E-state index contributed by atoms with van der Waals surface area (Å²) >= 11 is 11.5. The molecule has 0 aromatic heterocycles. The third-order valence-electron chi connectivity index (χ3n) is 4.91. The van der Waals surface area contributed by atoms with E-state index < -0.39 is 56.8 Å². The number of alkyl carbamates (subject to hydrolysis) is 1. The number of carbonyl (C=O) groups excluding carboxylic acids is 2. The van der Waals surface area contributed by atoms with Crippen molar-refractivity contribution >= 4 is 50.4 Å². The normalized spacial score (nSPS) is 15.4. The summed E-state index contributed by atoms with van der Waals surface area (Å²) in [7, 11) is -12.1. The fourth-order valence-electron chi connectivity index (χ4n) is 3.07. The Labute approximate surface area is 306 Å². The molecule has 0 aromatic carbocycles. The maximum Gasteiger partial charge on any atom is 1.00 e. The minimum absolute atomic E-state index is 0. The van der Waals surface area contributed by atoms with Crippen LogP contribution in [0.5, 0.6) is 0 Å². The number of ether oxygens (including phenoxy) is 1. The van der Waals surface area contributed by atoms with E-state index in [1.165, 1.54) is 0 Å². The molecule has 0 saturated heterocycles. The minimum atomic E-state index is -6.15. The van der Waals surface area contributed by atoms with Crippen LogP contribution < -0.4 is 114 Å². The van der Waals surface area contributed by atoms with E-state index in [0.717, 1.165) is 0 Å². The van der Waals surface area contributed by atoms with Gasteiger partial charge in [0.05, 0.1) is 0 Å². The van der Waals surface area contributed by atoms with Crippen LogP contribution in [0.15, 0.2) is 0 Å². The number of halogens is 2. The first-order chi connectivity index (χ1) is 16.4. The molecule has 0 fully saturated rings. The minimum Gasteiger partial charge on any atom is -0.808 e. The average Bonchev–Trinajstić information content (AvgIpc) is 2.70. The third kappa shape index (κ3) is 20.2. The maximum atomic E-state index is 12.7. The fraction of sp³-hybridized carbons (Fsp3) is 0.895. The zero-order valence-electron chi connectivity index (χ0n) is 23.6. The van der Waals surface area contributed by atoms with Crippen molar-refractivity contribution in [2.75, 3.05) is 37.9 Å². The SMILES string of the molecule is CC(C)(C)OC(=O)N[C@@H](CCCCN(CCCl)CCCl)C(=O)NCCCC(O)(P(=O)([O-])[O-])P(=O)([O-])O.[Na+].[Na+].[Na+]. The standard InChI is InChI=1S/C19H39Cl2N3O10P2.3Na/c1-18(2,3)34-17(26)23-15(7-4-5-12-24(13-9-20)14-10-21)16(25)22-11-6-8-19(27,35(28,29)30)36(31,32)33;;;/h15,27H,4-14H2,1-3H3,(H,22,25)(H,23,26)(H2,28,29,30)(H2,31,32,33);;;/q;3*+1/p-3/t15-;;;/m0.../s1. The van der Waals surface area contributed by atoms with Crippen molar-refractivity contribution in [3.05, 3.63) is 0 Å². The van der Waals surface area contributed by atoms with Crippen LogP contribution in [-0.4, -0.2) is 81.6 Å². The second-order valence-corrected chi connectivity index (χ2v) is 13.7. The van der Waals surface area contributed by atoms with Gasteiger partial charge >= 0.3 is 94.8 Å². The molecule has 0 aromatic rings. The summed E-state index contributed by atoms with van der Waals surface area (Å²) < 4.78 is 27.6. The van der Waals surface area contributed by atoms with Crippen LogP contribution in [0, 0.1) is 0 Å². The molecular weight excluding hydrogens is 632 g/mol. The molecule has 0 aliphatic heterocycles. The first kappa shape index (κ1) is 48.4. The van der Waals surface area contributed by atoms with E-state index in [1.54, 1.807) is 20.8 Å². The van der Waals surface area contributed by atoms with Gasteiger partial charge in [0.15, 0.2) is 12.7 Å². The molecule has 0 heterocycles. The van der Waals surface area contributed by atoms with Gasteiger partial charge < -0.3 is 54.1 Å². The molecule has 0 spiro atoms. The number of aliphatic hydroxyl groups is 1. The Morgan fingerprint density at radius 1 is 0.974 bits per heavy atom. The largest absolute Gasteiger partial charge is 1.00 e. The summed E-state index contributed by atoms with van der Waals surface area (Å²) in [4.78, 5) is 69.5. The van der Waals surface area contributed by atoms with Crippen molar-refractivity contribution in [3.8, 4) is 0 Å². The molecule has 3 atom stereocenters. The molecule has 2 amide bonds. The van der Waals surface area contributed by atoms with Crippen LogP contribution in [0.4, 0.5) is 4.79 Å². The fourth-order valence-corrected chi connectivity index (χ4v) is 5.66. The second kappa shape index (κ2) is 23.0.